The van der Waals surface area contributed by atoms with Gasteiger partial charge in [0, 0.05) is 17.3 Å². The fourth-order valence-electron chi connectivity index (χ4n) is 2.65. The Morgan fingerprint density at radius 3 is 2.89 bits per heavy atom. The van der Waals surface area contributed by atoms with Gasteiger partial charge in [-0.2, -0.15) is 0 Å². The third-order valence-corrected chi connectivity index (χ3v) is 3.75. The summed E-state index contributed by atoms with van der Waals surface area (Å²) < 4.78 is 0. The molecule has 0 bridgehead atoms. The van der Waals surface area contributed by atoms with Crippen LogP contribution < -0.4 is 5.32 Å². The predicted octanol–water partition coefficient (Wildman–Crippen LogP) is 3.74. The number of fused-ring (bicyclic) bond motifs is 1. The van der Waals surface area contributed by atoms with Crippen LogP contribution in [0.3, 0.4) is 0 Å². The summed E-state index contributed by atoms with van der Waals surface area (Å²) in [6.07, 6.45) is 11.7. The van der Waals surface area contributed by atoms with Gasteiger partial charge in [-0.25, -0.2) is 9.97 Å². The molecule has 0 aliphatic heterocycles. The van der Waals surface area contributed by atoms with Gasteiger partial charge < -0.3 is 5.32 Å². The highest BCUT2D eigenvalue weighted by atomic mass is 15.0. The van der Waals surface area contributed by atoms with E-state index in [1.165, 1.54) is 49.8 Å². The Morgan fingerprint density at radius 2 is 2.06 bits per heavy atom. The van der Waals surface area contributed by atoms with E-state index in [0.29, 0.717) is 6.04 Å². The summed E-state index contributed by atoms with van der Waals surface area (Å²) in [5.41, 5.74) is 2.63. The minimum absolute atomic E-state index is 0.512. The average molecular weight is 247 g/mol. The van der Waals surface area contributed by atoms with E-state index in [1.54, 1.807) is 6.33 Å². The standard InChI is InChI=1S/C15H25N3/c1-3-4-5-8-12(2)18-15-13-9-6-7-10-14(13)16-11-17-15/h11-12H,3-10H2,1-2H3,(H,16,17,18). The predicted molar refractivity (Wildman–Crippen MR) is 75.9 cm³/mol. The molecule has 0 saturated carbocycles. The van der Waals surface area contributed by atoms with Gasteiger partial charge in [0.25, 0.3) is 0 Å². The van der Waals surface area contributed by atoms with Gasteiger partial charge in [-0.1, -0.05) is 26.2 Å². The lowest BCUT2D eigenvalue weighted by Crippen LogP contribution is -2.19. The molecule has 3 nitrogen and oxygen atoms in total. The molecule has 18 heavy (non-hydrogen) atoms. The van der Waals surface area contributed by atoms with Crippen molar-refractivity contribution in [2.24, 2.45) is 0 Å². The Hall–Kier alpha value is -1.12. The largest absolute Gasteiger partial charge is 0.367 e. The van der Waals surface area contributed by atoms with Crippen molar-refractivity contribution in [3.63, 3.8) is 0 Å². The molecular weight excluding hydrogens is 222 g/mol. The first kappa shape index (κ1) is 13.3. The van der Waals surface area contributed by atoms with Gasteiger partial charge in [0.15, 0.2) is 0 Å². The van der Waals surface area contributed by atoms with Crippen LogP contribution in [0.25, 0.3) is 0 Å². The van der Waals surface area contributed by atoms with Crippen molar-refractivity contribution in [1.82, 2.24) is 9.97 Å². The Morgan fingerprint density at radius 1 is 1.22 bits per heavy atom. The second-order valence-electron chi connectivity index (χ2n) is 5.40. The topological polar surface area (TPSA) is 37.8 Å². The van der Waals surface area contributed by atoms with Gasteiger partial charge in [-0.05, 0) is 39.0 Å². The van der Waals surface area contributed by atoms with Crippen molar-refractivity contribution < 1.29 is 0 Å². The molecule has 0 spiro atoms. The molecule has 1 aliphatic rings. The van der Waals surface area contributed by atoms with Crippen molar-refractivity contribution in [2.75, 3.05) is 5.32 Å². The number of nitrogens with zero attached hydrogens (tertiary/aromatic N) is 2. The number of anilines is 1. The van der Waals surface area contributed by atoms with E-state index in [0.717, 1.165) is 18.7 Å². The van der Waals surface area contributed by atoms with Gasteiger partial charge >= 0.3 is 0 Å². The second-order valence-corrected chi connectivity index (χ2v) is 5.40. The van der Waals surface area contributed by atoms with Gasteiger partial charge in [0.05, 0.1) is 0 Å². The highest BCUT2D eigenvalue weighted by molar-refractivity contribution is 5.47. The number of aromatic nitrogens is 2. The van der Waals surface area contributed by atoms with Crippen LogP contribution in [0.2, 0.25) is 0 Å². The fraction of sp³-hybridized carbons (Fsp3) is 0.733. The molecule has 0 amide bonds. The van der Waals surface area contributed by atoms with Crippen LogP contribution >= 0.6 is 0 Å². The third-order valence-electron chi connectivity index (χ3n) is 3.75. The van der Waals surface area contributed by atoms with Crippen LogP contribution in [-0.4, -0.2) is 16.0 Å². The first-order valence-corrected chi connectivity index (χ1v) is 7.40. The maximum atomic E-state index is 4.44. The van der Waals surface area contributed by atoms with Crippen LogP contribution in [0, 0.1) is 0 Å². The minimum Gasteiger partial charge on any atom is -0.367 e. The fourth-order valence-corrected chi connectivity index (χ4v) is 2.65. The molecule has 1 aromatic rings. The second kappa shape index (κ2) is 6.72. The van der Waals surface area contributed by atoms with Crippen molar-refractivity contribution >= 4 is 5.82 Å². The minimum atomic E-state index is 0.512. The lowest BCUT2D eigenvalue weighted by molar-refractivity contribution is 0.609. The zero-order chi connectivity index (χ0) is 12.8. The average Bonchev–Trinajstić information content (AvgIpc) is 2.39. The summed E-state index contributed by atoms with van der Waals surface area (Å²) in [6, 6.07) is 0.512. The summed E-state index contributed by atoms with van der Waals surface area (Å²) in [6.45, 7) is 4.51. The van der Waals surface area contributed by atoms with Crippen molar-refractivity contribution in [3.05, 3.63) is 17.6 Å². The van der Waals surface area contributed by atoms with Crippen LogP contribution in [0.15, 0.2) is 6.33 Å². The lowest BCUT2D eigenvalue weighted by Gasteiger charge is -2.21. The first-order chi connectivity index (χ1) is 8.81. The van der Waals surface area contributed by atoms with E-state index in [-0.39, 0.29) is 0 Å². The van der Waals surface area contributed by atoms with E-state index in [4.69, 9.17) is 0 Å². The molecule has 1 aliphatic carbocycles. The van der Waals surface area contributed by atoms with E-state index >= 15 is 0 Å². The molecule has 0 saturated heterocycles. The van der Waals surface area contributed by atoms with Crippen LogP contribution in [0.1, 0.15) is 63.6 Å². The van der Waals surface area contributed by atoms with Crippen LogP contribution in [0.5, 0.6) is 0 Å². The Kier molecular flexibility index (Phi) is 4.97. The molecule has 1 unspecified atom stereocenters. The third kappa shape index (κ3) is 3.44. The van der Waals surface area contributed by atoms with Crippen LogP contribution in [-0.2, 0) is 12.8 Å². The van der Waals surface area contributed by atoms with Gasteiger partial charge in [0.2, 0.25) is 0 Å². The summed E-state index contributed by atoms with van der Waals surface area (Å²) >= 11 is 0. The summed E-state index contributed by atoms with van der Waals surface area (Å²) in [5.74, 6) is 1.09. The Labute approximate surface area is 110 Å². The Balaban J connectivity index is 1.96. The number of hydrogen-bond acceptors (Lipinski definition) is 3. The molecule has 3 heteroatoms. The van der Waals surface area contributed by atoms with Crippen molar-refractivity contribution in [3.8, 4) is 0 Å². The van der Waals surface area contributed by atoms with E-state index < -0.39 is 0 Å². The molecule has 0 aromatic carbocycles. The molecule has 1 aromatic heterocycles. The van der Waals surface area contributed by atoms with E-state index in [2.05, 4.69) is 29.1 Å². The molecule has 2 rings (SSSR count). The van der Waals surface area contributed by atoms with Gasteiger partial charge in [0.1, 0.15) is 12.1 Å². The summed E-state index contributed by atoms with van der Waals surface area (Å²) in [7, 11) is 0. The molecular formula is C15H25N3. The first-order valence-electron chi connectivity index (χ1n) is 7.40. The number of aryl methyl sites for hydroxylation is 1. The molecule has 1 heterocycles. The lowest BCUT2D eigenvalue weighted by atomic mass is 9.96. The molecule has 1 N–H and O–H groups in total. The maximum absolute atomic E-state index is 4.44. The zero-order valence-corrected chi connectivity index (χ0v) is 11.7. The summed E-state index contributed by atoms with van der Waals surface area (Å²) in [4.78, 5) is 8.85. The highest BCUT2D eigenvalue weighted by Gasteiger charge is 2.16. The molecule has 100 valence electrons. The number of nitrogens with one attached hydrogen (secondary N) is 1. The molecule has 0 radical (unpaired) electrons. The maximum Gasteiger partial charge on any atom is 0.133 e. The molecule has 0 fully saturated rings. The number of rotatable bonds is 6. The number of unbranched alkanes of at least 4 members (excludes halogenated alkanes) is 2. The smallest absolute Gasteiger partial charge is 0.133 e. The molecule has 1 atom stereocenters. The highest BCUT2D eigenvalue weighted by Crippen LogP contribution is 2.25. The quantitative estimate of drug-likeness (QED) is 0.778. The van der Waals surface area contributed by atoms with E-state index in [9.17, 15) is 0 Å². The Bertz CT molecular complexity index is 376. The summed E-state index contributed by atoms with van der Waals surface area (Å²) in [5, 5.41) is 3.58. The monoisotopic (exact) mass is 247 g/mol. The normalized spacial score (nSPS) is 16.1. The SMILES string of the molecule is CCCCCC(C)Nc1ncnc2c1CCCC2. The number of hydrogen-bond donors (Lipinski definition) is 1. The zero-order valence-electron chi connectivity index (χ0n) is 11.7. The van der Waals surface area contributed by atoms with Gasteiger partial charge in [-0.15, -0.1) is 0 Å². The van der Waals surface area contributed by atoms with E-state index in [1.807, 2.05) is 0 Å². The van der Waals surface area contributed by atoms with Crippen molar-refractivity contribution in [1.29, 1.82) is 0 Å². The van der Waals surface area contributed by atoms with Crippen molar-refractivity contribution in [2.45, 2.75) is 71.3 Å². The van der Waals surface area contributed by atoms with Gasteiger partial charge in [-0.3, -0.25) is 0 Å². The van der Waals surface area contributed by atoms with Crippen LogP contribution in [0.4, 0.5) is 5.82 Å².